The summed E-state index contributed by atoms with van der Waals surface area (Å²) in [5.41, 5.74) is 1.99. The van der Waals surface area contributed by atoms with Crippen molar-refractivity contribution in [1.82, 2.24) is 0 Å². The fraction of sp³-hybridized carbons (Fsp3) is 0.333. The molecule has 0 atom stereocenters. The zero-order chi connectivity index (χ0) is 10.6. The summed E-state index contributed by atoms with van der Waals surface area (Å²) in [5.74, 6) is 0.681. The minimum Gasteiger partial charge on any atom is -0.207 e. The van der Waals surface area contributed by atoms with E-state index >= 15 is 0 Å². The van der Waals surface area contributed by atoms with Crippen LogP contribution in [0.3, 0.4) is 0 Å². The summed E-state index contributed by atoms with van der Waals surface area (Å²) in [4.78, 5) is 0. The highest BCUT2D eigenvalue weighted by molar-refractivity contribution is 6.19. The van der Waals surface area contributed by atoms with Gasteiger partial charge in [-0.2, -0.15) is 0 Å². The Hall–Kier alpha value is -0.820. The molecule has 0 unspecified atom stereocenters. The van der Waals surface area contributed by atoms with E-state index in [-0.39, 0.29) is 5.82 Å². The second-order valence-corrected chi connectivity index (χ2v) is 3.83. The number of hydrogen-bond acceptors (Lipinski definition) is 0. The Kier molecular flexibility index (Phi) is 4.15. The maximum absolute atomic E-state index is 12.9. The molecule has 0 aliphatic heterocycles. The predicted octanol–water partition coefficient (Wildman–Crippen LogP) is 4.10. The van der Waals surface area contributed by atoms with Crippen LogP contribution in [0.5, 0.6) is 0 Å². The SMILES string of the molecule is CC(C)C(=Cc1cccc(F)c1)CCl. The summed E-state index contributed by atoms with van der Waals surface area (Å²) in [7, 11) is 0. The maximum atomic E-state index is 12.9. The quantitative estimate of drug-likeness (QED) is 0.662. The molecule has 0 nitrogen and oxygen atoms in total. The number of halogens is 2. The molecule has 0 spiro atoms. The molecule has 2 heteroatoms. The van der Waals surface area contributed by atoms with Gasteiger partial charge in [-0.15, -0.1) is 11.6 Å². The molecule has 1 rings (SSSR count). The van der Waals surface area contributed by atoms with E-state index in [1.807, 2.05) is 12.1 Å². The molecule has 0 amide bonds. The van der Waals surface area contributed by atoms with Crippen LogP contribution in [-0.2, 0) is 0 Å². The molecule has 0 aliphatic carbocycles. The van der Waals surface area contributed by atoms with E-state index in [1.54, 1.807) is 6.07 Å². The van der Waals surface area contributed by atoms with Crippen LogP contribution in [0.4, 0.5) is 4.39 Å². The van der Waals surface area contributed by atoms with Gasteiger partial charge in [0.1, 0.15) is 5.82 Å². The Morgan fingerprint density at radius 3 is 2.71 bits per heavy atom. The topological polar surface area (TPSA) is 0 Å². The van der Waals surface area contributed by atoms with Gasteiger partial charge in [-0.05, 0) is 23.6 Å². The van der Waals surface area contributed by atoms with Crippen LogP contribution in [0.2, 0.25) is 0 Å². The Labute approximate surface area is 89.4 Å². The summed E-state index contributed by atoms with van der Waals surface area (Å²) in [6, 6.07) is 6.52. The van der Waals surface area contributed by atoms with Gasteiger partial charge < -0.3 is 0 Å². The third kappa shape index (κ3) is 3.15. The van der Waals surface area contributed by atoms with Crippen LogP contribution in [0.15, 0.2) is 29.8 Å². The van der Waals surface area contributed by atoms with Crippen LogP contribution < -0.4 is 0 Å². The molecule has 0 saturated heterocycles. The summed E-state index contributed by atoms with van der Waals surface area (Å²) in [6.07, 6.45) is 1.95. The van der Waals surface area contributed by atoms with E-state index in [0.717, 1.165) is 11.1 Å². The second kappa shape index (κ2) is 5.16. The first-order valence-electron chi connectivity index (χ1n) is 4.65. The molecule has 76 valence electrons. The van der Waals surface area contributed by atoms with E-state index in [9.17, 15) is 4.39 Å². The Balaban J connectivity index is 2.94. The highest BCUT2D eigenvalue weighted by atomic mass is 35.5. The lowest BCUT2D eigenvalue weighted by atomic mass is 10.0. The van der Waals surface area contributed by atoms with Crippen molar-refractivity contribution in [3.05, 3.63) is 41.2 Å². The molecule has 1 aromatic rings. The first kappa shape index (κ1) is 11.3. The lowest BCUT2D eigenvalue weighted by Crippen LogP contribution is -1.95. The van der Waals surface area contributed by atoms with E-state index in [4.69, 9.17) is 11.6 Å². The lowest BCUT2D eigenvalue weighted by Gasteiger charge is -2.07. The van der Waals surface area contributed by atoms with Gasteiger partial charge in [0.15, 0.2) is 0 Å². The fourth-order valence-corrected chi connectivity index (χ4v) is 1.56. The molecule has 14 heavy (non-hydrogen) atoms. The van der Waals surface area contributed by atoms with Gasteiger partial charge in [-0.3, -0.25) is 0 Å². The normalized spacial score (nSPS) is 12.2. The zero-order valence-electron chi connectivity index (χ0n) is 8.43. The van der Waals surface area contributed by atoms with Crippen molar-refractivity contribution in [3.8, 4) is 0 Å². The van der Waals surface area contributed by atoms with Crippen molar-refractivity contribution >= 4 is 17.7 Å². The predicted molar refractivity (Wildman–Crippen MR) is 59.9 cm³/mol. The highest BCUT2D eigenvalue weighted by Gasteiger charge is 2.01. The molecule has 0 bridgehead atoms. The van der Waals surface area contributed by atoms with Crippen LogP contribution in [0.25, 0.3) is 6.08 Å². The minimum absolute atomic E-state index is 0.212. The number of allylic oxidation sites excluding steroid dienone is 1. The van der Waals surface area contributed by atoms with Gasteiger partial charge in [0.25, 0.3) is 0 Å². The average molecular weight is 213 g/mol. The number of alkyl halides is 1. The van der Waals surface area contributed by atoms with E-state index in [0.29, 0.717) is 11.8 Å². The summed E-state index contributed by atoms with van der Waals surface area (Å²) < 4.78 is 12.9. The van der Waals surface area contributed by atoms with Crippen molar-refractivity contribution in [3.63, 3.8) is 0 Å². The van der Waals surface area contributed by atoms with Gasteiger partial charge in [0.05, 0.1) is 0 Å². The fourth-order valence-electron chi connectivity index (χ4n) is 1.17. The first-order chi connectivity index (χ1) is 6.63. The first-order valence-corrected chi connectivity index (χ1v) is 5.19. The lowest BCUT2D eigenvalue weighted by molar-refractivity contribution is 0.627. The molecule has 0 aromatic heterocycles. The highest BCUT2D eigenvalue weighted by Crippen LogP contribution is 2.16. The van der Waals surface area contributed by atoms with Crippen LogP contribution in [-0.4, -0.2) is 5.88 Å². The van der Waals surface area contributed by atoms with Gasteiger partial charge >= 0.3 is 0 Å². The maximum Gasteiger partial charge on any atom is 0.123 e. The molecule has 0 heterocycles. The van der Waals surface area contributed by atoms with Gasteiger partial charge in [0.2, 0.25) is 0 Å². The average Bonchev–Trinajstić information content (AvgIpc) is 2.14. The Morgan fingerprint density at radius 1 is 1.50 bits per heavy atom. The third-order valence-corrected chi connectivity index (χ3v) is 2.41. The molecular weight excluding hydrogens is 199 g/mol. The molecule has 0 saturated carbocycles. The Bertz CT molecular complexity index is 329. The third-order valence-electron chi connectivity index (χ3n) is 2.10. The van der Waals surface area contributed by atoms with Crippen molar-refractivity contribution in [2.24, 2.45) is 5.92 Å². The number of hydrogen-bond donors (Lipinski definition) is 0. The molecule has 0 radical (unpaired) electrons. The van der Waals surface area contributed by atoms with Gasteiger partial charge in [-0.1, -0.05) is 37.6 Å². The van der Waals surface area contributed by atoms with E-state index in [1.165, 1.54) is 12.1 Å². The summed E-state index contributed by atoms with van der Waals surface area (Å²) in [6.45, 7) is 4.15. The largest absolute Gasteiger partial charge is 0.207 e. The summed E-state index contributed by atoms with van der Waals surface area (Å²) in [5, 5.41) is 0. The number of benzene rings is 1. The molecular formula is C12H14ClF. The molecule has 0 N–H and O–H groups in total. The van der Waals surface area contributed by atoms with Crippen LogP contribution >= 0.6 is 11.6 Å². The van der Waals surface area contributed by atoms with Gasteiger partial charge in [0, 0.05) is 5.88 Å². The minimum atomic E-state index is -0.212. The van der Waals surface area contributed by atoms with Crippen molar-refractivity contribution < 1.29 is 4.39 Å². The van der Waals surface area contributed by atoms with Crippen LogP contribution in [0.1, 0.15) is 19.4 Å². The van der Waals surface area contributed by atoms with Crippen molar-refractivity contribution in [2.75, 3.05) is 5.88 Å². The standard InChI is InChI=1S/C12H14ClF/c1-9(2)11(8-13)6-10-4-3-5-12(14)7-10/h3-7,9H,8H2,1-2H3. The van der Waals surface area contributed by atoms with Crippen molar-refractivity contribution in [1.29, 1.82) is 0 Å². The van der Waals surface area contributed by atoms with Crippen LogP contribution in [0, 0.1) is 11.7 Å². The molecule has 0 aliphatic rings. The van der Waals surface area contributed by atoms with Gasteiger partial charge in [-0.25, -0.2) is 4.39 Å². The Morgan fingerprint density at radius 2 is 2.21 bits per heavy atom. The smallest absolute Gasteiger partial charge is 0.123 e. The molecule has 0 fully saturated rings. The monoisotopic (exact) mass is 212 g/mol. The zero-order valence-corrected chi connectivity index (χ0v) is 9.18. The second-order valence-electron chi connectivity index (χ2n) is 3.56. The van der Waals surface area contributed by atoms with Crippen molar-refractivity contribution in [2.45, 2.75) is 13.8 Å². The molecule has 1 aromatic carbocycles. The summed E-state index contributed by atoms with van der Waals surface area (Å²) >= 11 is 5.79. The van der Waals surface area contributed by atoms with E-state index in [2.05, 4.69) is 13.8 Å². The number of rotatable bonds is 3. The van der Waals surface area contributed by atoms with E-state index < -0.39 is 0 Å².